The predicted molar refractivity (Wildman–Crippen MR) is 139 cm³/mol. The molecule has 6 rings (SSSR count). The maximum atomic E-state index is 13.8. The number of hydrogen-bond donors (Lipinski definition) is 0. The lowest BCUT2D eigenvalue weighted by atomic mass is 10.0. The Morgan fingerprint density at radius 3 is 2.68 bits per heavy atom. The molecule has 0 spiro atoms. The number of hydrazone groups is 1. The van der Waals surface area contributed by atoms with Crippen molar-refractivity contribution in [3.8, 4) is 5.95 Å². The largest absolute Gasteiger partial charge is 0.271 e. The molecule has 0 radical (unpaired) electrons. The Morgan fingerprint density at radius 2 is 1.97 bits per heavy atom. The summed E-state index contributed by atoms with van der Waals surface area (Å²) in [6, 6.07) is 11.5. The molecule has 2 aliphatic rings. The van der Waals surface area contributed by atoms with E-state index < -0.39 is 6.04 Å². The molecule has 4 heterocycles. The molecule has 188 valence electrons. The number of aromatic nitrogens is 4. The van der Waals surface area contributed by atoms with Crippen LogP contribution < -0.4 is 5.56 Å². The summed E-state index contributed by atoms with van der Waals surface area (Å²) in [5, 5.41) is 12.6. The zero-order valence-corrected chi connectivity index (χ0v) is 21.3. The van der Waals surface area contributed by atoms with Crippen molar-refractivity contribution in [3.63, 3.8) is 0 Å². The van der Waals surface area contributed by atoms with Crippen molar-refractivity contribution in [2.75, 3.05) is 0 Å². The highest BCUT2D eigenvalue weighted by molar-refractivity contribution is 7.12. The molecule has 1 amide bonds. The Bertz CT molecular complexity index is 1590. The molecule has 4 aromatic rings. The molecular formula is C27H25FN6O2S. The van der Waals surface area contributed by atoms with E-state index in [1.54, 1.807) is 28.2 Å². The van der Waals surface area contributed by atoms with Crippen LogP contribution in [0.5, 0.6) is 0 Å². The number of carbonyl (C=O) groups excluding carboxylic acids is 1. The monoisotopic (exact) mass is 516 g/mol. The summed E-state index contributed by atoms with van der Waals surface area (Å²) in [5.74, 6) is -0.348. The highest BCUT2D eigenvalue weighted by atomic mass is 32.1. The molecule has 0 fully saturated rings. The Kier molecular flexibility index (Phi) is 5.83. The molecule has 1 aromatic carbocycles. The second-order valence-electron chi connectivity index (χ2n) is 9.45. The van der Waals surface area contributed by atoms with Crippen LogP contribution >= 0.6 is 11.3 Å². The first-order chi connectivity index (χ1) is 17.9. The minimum absolute atomic E-state index is 0.210. The van der Waals surface area contributed by atoms with Crippen LogP contribution in [-0.4, -0.2) is 36.0 Å². The van der Waals surface area contributed by atoms with Gasteiger partial charge in [-0.15, -0.1) is 11.3 Å². The van der Waals surface area contributed by atoms with Crippen molar-refractivity contribution in [3.05, 3.63) is 97.1 Å². The molecule has 0 saturated heterocycles. The maximum Gasteiger partial charge on any atom is 0.263 e. The van der Waals surface area contributed by atoms with Gasteiger partial charge in [0.1, 0.15) is 12.4 Å². The summed E-state index contributed by atoms with van der Waals surface area (Å²) in [5.41, 5.74) is 4.42. The van der Waals surface area contributed by atoms with Gasteiger partial charge >= 0.3 is 0 Å². The van der Waals surface area contributed by atoms with E-state index in [0.29, 0.717) is 24.4 Å². The van der Waals surface area contributed by atoms with Crippen LogP contribution in [0.4, 0.5) is 4.39 Å². The zero-order valence-electron chi connectivity index (χ0n) is 20.5. The SMILES string of the molecule is Cc1cc(C)n(-c2nc3c(c(=O)n2CC(=O)N2N=C(c4cccs4)CC2c2ccc(F)cc2)CCC3)n1. The molecule has 8 nitrogen and oxygen atoms in total. The van der Waals surface area contributed by atoms with Crippen LogP contribution in [0, 0.1) is 19.7 Å². The maximum absolute atomic E-state index is 13.8. The standard InChI is InChI=1S/C27H25FN6O2S/c1-16-13-17(2)33(30-16)27-29-21-6-3-5-20(21)26(36)32(27)15-25(35)34-23(18-8-10-19(28)11-9-18)14-22(31-34)24-7-4-12-37-24/h4,7-13,23H,3,5-6,14-15H2,1-2H3. The van der Waals surface area contributed by atoms with E-state index in [1.807, 2.05) is 37.4 Å². The van der Waals surface area contributed by atoms with Crippen molar-refractivity contribution >= 4 is 23.0 Å². The quantitative estimate of drug-likeness (QED) is 0.400. The second kappa shape index (κ2) is 9.19. The number of carbonyl (C=O) groups is 1. The van der Waals surface area contributed by atoms with Crippen molar-refractivity contribution in [1.29, 1.82) is 0 Å². The van der Waals surface area contributed by atoms with E-state index in [4.69, 9.17) is 10.1 Å². The first-order valence-corrected chi connectivity index (χ1v) is 13.1. The van der Waals surface area contributed by atoms with Gasteiger partial charge in [-0.25, -0.2) is 19.1 Å². The average Bonchev–Trinajstić information content (AvgIpc) is 3.67. The first-order valence-electron chi connectivity index (χ1n) is 12.2. The van der Waals surface area contributed by atoms with E-state index in [0.717, 1.165) is 46.1 Å². The van der Waals surface area contributed by atoms with Crippen molar-refractivity contribution in [1.82, 2.24) is 24.3 Å². The number of rotatable bonds is 5. The van der Waals surface area contributed by atoms with E-state index in [2.05, 4.69) is 5.10 Å². The van der Waals surface area contributed by atoms with Crippen LogP contribution in [0.3, 0.4) is 0 Å². The number of hydrogen-bond acceptors (Lipinski definition) is 6. The van der Waals surface area contributed by atoms with E-state index in [9.17, 15) is 14.0 Å². The van der Waals surface area contributed by atoms with Gasteiger partial charge in [-0.2, -0.15) is 10.2 Å². The van der Waals surface area contributed by atoms with E-state index in [1.165, 1.54) is 21.7 Å². The van der Waals surface area contributed by atoms with Gasteiger partial charge in [0, 0.05) is 17.7 Å². The highest BCUT2D eigenvalue weighted by Gasteiger charge is 2.34. The van der Waals surface area contributed by atoms with Crippen LogP contribution in [-0.2, 0) is 24.2 Å². The van der Waals surface area contributed by atoms with Crippen molar-refractivity contribution in [2.45, 2.75) is 52.1 Å². The topological polar surface area (TPSA) is 85.4 Å². The fraction of sp³-hybridized carbons (Fsp3) is 0.296. The number of fused-ring (bicyclic) bond motifs is 1. The third kappa shape index (κ3) is 4.21. The number of aryl methyl sites for hydroxylation is 3. The second-order valence-corrected chi connectivity index (χ2v) is 10.4. The zero-order chi connectivity index (χ0) is 25.7. The lowest BCUT2D eigenvalue weighted by Gasteiger charge is -2.23. The lowest BCUT2D eigenvalue weighted by molar-refractivity contribution is -0.133. The van der Waals surface area contributed by atoms with Crippen LogP contribution in [0.25, 0.3) is 5.95 Å². The number of nitrogens with zero attached hydrogens (tertiary/aromatic N) is 6. The summed E-state index contributed by atoms with van der Waals surface area (Å²) < 4.78 is 16.7. The van der Waals surface area contributed by atoms with Crippen LogP contribution in [0.2, 0.25) is 0 Å². The number of benzene rings is 1. The highest BCUT2D eigenvalue weighted by Crippen LogP contribution is 2.34. The van der Waals surface area contributed by atoms with Crippen LogP contribution in [0.1, 0.15) is 52.0 Å². The first kappa shape index (κ1) is 23.5. The molecule has 1 atom stereocenters. The lowest BCUT2D eigenvalue weighted by Crippen LogP contribution is -2.37. The molecule has 0 bridgehead atoms. The van der Waals surface area contributed by atoms with Crippen molar-refractivity contribution < 1.29 is 9.18 Å². The van der Waals surface area contributed by atoms with E-state index >= 15 is 0 Å². The number of thiophene rings is 1. The van der Waals surface area contributed by atoms with Gasteiger partial charge in [-0.3, -0.25) is 14.2 Å². The van der Waals surface area contributed by atoms with E-state index in [-0.39, 0.29) is 23.8 Å². The van der Waals surface area contributed by atoms with Gasteiger partial charge in [0.15, 0.2) is 0 Å². The normalized spacial score (nSPS) is 16.8. The average molecular weight is 517 g/mol. The molecule has 1 unspecified atom stereocenters. The summed E-state index contributed by atoms with van der Waals surface area (Å²) in [6.45, 7) is 3.54. The fourth-order valence-electron chi connectivity index (χ4n) is 5.14. The minimum atomic E-state index is -0.402. The molecule has 0 saturated carbocycles. The fourth-order valence-corrected chi connectivity index (χ4v) is 5.86. The minimum Gasteiger partial charge on any atom is -0.271 e. The molecule has 37 heavy (non-hydrogen) atoms. The summed E-state index contributed by atoms with van der Waals surface area (Å²) >= 11 is 1.55. The van der Waals surface area contributed by atoms with Crippen molar-refractivity contribution in [2.24, 2.45) is 5.10 Å². The Balaban J connectivity index is 1.42. The Morgan fingerprint density at radius 1 is 1.16 bits per heavy atom. The van der Waals surface area contributed by atoms with Gasteiger partial charge in [0.05, 0.1) is 28.0 Å². The van der Waals surface area contributed by atoms with Gasteiger partial charge in [0.25, 0.3) is 11.5 Å². The number of halogens is 1. The van der Waals surface area contributed by atoms with Crippen LogP contribution in [0.15, 0.2) is 57.7 Å². The predicted octanol–water partition coefficient (Wildman–Crippen LogP) is 4.11. The van der Waals surface area contributed by atoms with Gasteiger partial charge in [0.2, 0.25) is 5.95 Å². The third-order valence-electron chi connectivity index (χ3n) is 6.89. The molecule has 1 aliphatic carbocycles. The third-order valence-corrected chi connectivity index (χ3v) is 7.81. The number of amides is 1. The molecule has 1 aliphatic heterocycles. The molecule has 10 heteroatoms. The summed E-state index contributed by atoms with van der Waals surface area (Å²) in [4.78, 5) is 33.2. The smallest absolute Gasteiger partial charge is 0.263 e. The molecular weight excluding hydrogens is 491 g/mol. The van der Waals surface area contributed by atoms with Gasteiger partial charge in [-0.05, 0) is 68.3 Å². The Hall–Kier alpha value is -3.92. The molecule has 0 N–H and O–H groups in total. The van der Waals surface area contributed by atoms with Gasteiger partial charge in [-0.1, -0.05) is 18.2 Å². The Labute approximate surface area is 216 Å². The molecule has 3 aromatic heterocycles. The summed E-state index contributed by atoms with van der Waals surface area (Å²) in [6.07, 6.45) is 2.74. The summed E-state index contributed by atoms with van der Waals surface area (Å²) in [7, 11) is 0. The van der Waals surface area contributed by atoms with Gasteiger partial charge < -0.3 is 0 Å².